The molecule has 0 saturated heterocycles. The van der Waals surface area contributed by atoms with Crippen LogP contribution < -0.4 is 0 Å². The van der Waals surface area contributed by atoms with Crippen molar-refractivity contribution in [3.05, 3.63) is 41.5 Å². The molecule has 1 aliphatic carbocycles. The molecule has 5 nitrogen and oxygen atoms in total. The maximum absolute atomic E-state index is 4.36. The van der Waals surface area contributed by atoms with Crippen LogP contribution in [0.25, 0.3) is 0 Å². The van der Waals surface area contributed by atoms with Crippen LogP contribution in [0, 0.1) is 5.41 Å². The first-order chi connectivity index (χ1) is 10.5. The zero-order chi connectivity index (χ0) is 15.6. The lowest BCUT2D eigenvalue weighted by molar-refractivity contribution is 0.358. The smallest absolute Gasteiger partial charge is 0.0867 e. The first-order valence-electron chi connectivity index (χ1n) is 8.10. The van der Waals surface area contributed by atoms with Crippen LogP contribution in [0.5, 0.6) is 0 Å². The molecule has 118 valence electrons. The zero-order valence-electron chi connectivity index (χ0n) is 13.8. The molecule has 0 atom stereocenters. The molecule has 22 heavy (non-hydrogen) atoms. The van der Waals surface area contributed by atoms with E-state index in [1.165, 1.54) is 19.3 Å². The summed E-state index contributed by atoms with van der Waals surface area (Å²) in [4.78, 5) is 0. The fourth-order valence-corrected chi connectivity index (χ4v) is 3.41. The predicted octanol–water partition coefficient (Wildman–Crippen LogP) is 3.24. The second-order valence-electron chi connectivity index (χ2n) is 6.92. The fourth-order valence-electron chi connectivity index (χ4n) is 3.41. The summed E-state index contributed by atoms with van der Waals surface area (Å²) in [5, 5.41) is 12.8. The second kappa shape index (κ2) is 6.07. The molecule has 3 rings (SSSR count). The summed E-state index contributed by atoms with van der Waals surface area (Å²) in [5.41, 5.74) is 4.46. The van der Waals surface area contributed by atoms with Gasteiger partial charge in [-0.05, 0) is 37.7 Å². The van der Waals surface area contributed by atoms with Gasteiger partial charge in [-0.15, -0.1) is 5.10 Å². The third-order valence-electron chi connectivity index (χ3n) is 4.75. The average Bonchev–Trinajstić information content (AvgIpc) is 3.12. The van der Waals surface area contributed by atoms with Gasteiger partial charge in [0.1, 0.15) is 0 Å². The van der Waals surface area contributed by atoms with Gasteiger partial charge in [0.2, 0.25) is 0 Å². The molecule has 1 aliphatic rings. The first-order valence-corrected chi connectivity index (χ1v) is 8.10. The molecule has 2 aromatic heterocycles. The lowest BCUT2D eigenvalue weighted by Gasteiger charge is -2.34. The third kappa shape index (κ3) is 3.29. The SMILES string of the molecule is CC1=C(Cc2cn(CCn3cccn3)nn2)C(C)(C)CCC1. The Kier molecular flexibility index (Phi) is 4.14. The van der Waals surface area contributed by atoms with E-state index < -0.39 is 0 Å². The van der Waals surface area contributed by atoms with Gasteiger partial charge in [0.15, 0.2) is 0 Å². The van der Waals surface area contributed by atoms with E-state index in [0.717, 1.165) is 25.2 Å². The number of hydrogen-bond acceptors (Lipinski definition) is 3. The second-order valence-corrected chi connectivity index (χ2v) is 6.92. The summed E-state index contributed by atoms with van der Waals surface area (Å²) in [5.74, 6) is 0. The first kappa shape index (κ1) is 15.0. The number of nitrogens with zero attached hydrogens (tertiary/aromatic N) is 5. The van der Waals surface area contributed by atoms with Crippen molar-refractivity contribution < 1.29 is 0 Å². The Bertz CT molecular complexity index is 648. The van der Waals surface area contributed by atoms with Gasteiger partial charge < -0.3 is 0 Å². The van der Waals surface area contributed by atoms with E-state index in [1.807, 2.05) is 21.6 Å². The van der Waals surface area contributed by atoms with E-state index in [1.54, 1.807) is 17.3 Å². The van der Waals surface area contributed by atoms with Crippen molar-refractivity contribution in [3.8, 4) is 0 Å². The molecule has 0 aliphatic heterocycles. The minimum Gasteiger partial charge on any atom is -0.271 e. The molecule has 0 unspecified atom stereocenters. The zero-order valence-corrected chi connectivity index (χ0v) is 13.8. The Balaban J connectivity index is 1.66. The van der Waals surface area contributed by atoms with Gasteiger partial charge in [0, 0.05) is 25.0 Å². The largest absolute Gasteiger partial charge is 0.271 e. The van der Waals surface area contributed by atoms with Crippen LogP contribution in [0.4, 0.5) is 0 Å². The standard InChI is InChI=1S/C17H25N5/c1-14-6-4-7-17(2,3)16(14)12-15-13-22(20-19-15)11-10-21-9-5-8-18-21/h5,8-9,13H,4,6-7,10-12H2,1-3H3. The van der Waals surface area contributed by atoms with Gasteiger partial charge in [0.05, 0.1) is 18.8 Å². The Labute approximate surface area is 132 Å². The Morgan fingerprint density at radius 2 is 2.05 bits per heavy atom. The van der Waals surface area contributed by atoms with Crippen molar-refractivity contribution in [1.29, 1.82) is 0 Å². The van der Waals surface area contributed by atoms with Gasteiger partial charge in [-0.3, -0.25) is 9.36 Å². The molecule has 0 saturated carbocycles. The van der Waals surface area contributed by atoms with Gasteiger partial charge in [0.25, 0.3) is 0 Å². The minimum absolute atomic E-state index is 0.293. The van der Waals surface area contributed by atoms with E-state index in [0.29, 0.717) is 5.41 Å². The lowest BCUT2D eigenvalue weighted by atomic mass is 9.71. The topological polar surface area (TPSA) is 48.5 Å². The average molecular weight is 299 g/mol. The summed E-state index contributed by atoms with van der Waals surface area (Å²) >= 11 is 0. The highest BCUT2D eigenvalue weighted by molar-refractivity contribution is 5.26. The monoisotopic (exact) mass is 299 g/mol. The molecule has 0 spiro atoms. The molecule has 0 amide bonds. The molecular weight excluding hydrogens is 274 g/mol. The van der Waals surface area contributed by atoms with E-state index in [4.69, 9.17) is 0 Å². The highest BCUT2D eigenvalue weighted by Gasteiger charge is 2.28. The number of aromatic nitrogens is 5. The Hall–Kier alpha value is -1.91. The van der Waals surface area contributed by atoms with Crippen LogP contribution in [0.15, 0.2) is 35.8 Å². The van der Waals surface area contributed by atoms with Crippen molar-refractivity contribution in [2.75, 3.05) is 0 Å². The molecule has 0 N–H and O–H groups in total. The summed E-state index contributed by atoms with van der Waals surface area (Å²) < 4.78 is 3.83. The molecule has 0 aromatic carbocycles. The number of rotatable bonds is 5. The van der Waals surface area contributed by atoms with Crippen molar-refractivity contribution in [2.45, 2.75) is 59.5 Å². The molecule has 0 radical (unpaired) electrons. The predicted molar refractivity (Wildman–Crippen MR) is 86.3 cm³/mol. The van der Waals surface area contributed by atoms with Gasteiger partial charge >= 0.3 is 0 Å². The normalized spacial score (nSPS) is 18.0. The third-order valence-corrected chi connectivity index (χ3v) is 4.75. The van der Waals surface area contributed by atoms with Crippen molar-refractivity contribution >= 4 is 0 Å². The molecule has 0 bridgehead atoms. The van der Waals surface area contributed by atoms with Gasteiger partial charge in [-0.2, -0.15) is 5.10 Å². The van der Waals surface area contributed by atoms with Crippen LogP contribution in [-0.2, 0) is 19.5 Å². The highest BCUT2D eigenvalue weighted by atomic mass is 15.4. The molecule has 2 heterocycles. The van der Waals surface area contributed by atoms with Gasteiger partial charge in [-0.1, -0.05) is 30.2 Å². The van der Waals surface area contributed by atoms with E-state index in [-0.39, 0.29) is 0 Å². The van der Waals surface area contributed by atoms with E-state index in [9.17, 15) is 0 Å². The van der Waals surface area contributed by atoms with Crippen molar-refractivity contribution in [2.24, 2.45) is 5.41 Å². The van der Waals surface area contributed by atoms with Crippen molar-refractivity contribution in [1.82, 2.24) is 24.8 Å². The number of aryl methyl sites for hydroxylation is 2. The fraction of sp³-hybridized carbons (Fsp3) is 0.588. The molecular formula is C17H25N5. The van der Waals surface area contributed by atoms with Crippen molar-refractivity contribution in [3.63, 3.8) is 0 Å². The number of allylic oxidation sites excluding steroid dienone is 2. The van der Waals surface area contributed by atoms with Crippen LogP contribution in [0.1, 0.15) is 45.7 Å². The summed E-state index contributed by atoms with van der Waals surface area (Å²) in [7, 11) is 0. The maximum Gasteiger partial charge on any atom is 0.0867 e. The Morgan fingerprint density at radius 3 is 2.77 bits per heavy atom. The summed E-state index contributed by atoms with van der Waals surface area (Å²) in [6, 6.07) is 1.94. The van der Waals surface area contributed by atoms with E-state index in [2.05, 4.69) is 42.4 Å². The molecule has 0 fully saturated rings. The summed E-state index contributed by atoms with van der Waals surface area (Å²) in [6.07, 6.45) is 10.6. The highest BCUT2D eigenvalue weighted by Crippen LogP contribution is 2.41. The Morgan fingerprint density at radius 1 is 1.23 bits per heavy atom. The van der Waals surface area contributed by atoms with Crippen LogP contribution in [-0.4, -0.2) is 24.8 Å². The quantitative estimate of drug-likeness (QED) is 0.796. The molecule has 5 heteroatoms. The number of hydrogen-bond donors (Lipinski definition) is 0. The lowest BCUT2D eigenvalue weighted by Crippen LogP contribution is -2.22. The van der Waals surface area contributed by atoms with Crippen LogP contribution in [0.2, 0.25) is 0 Å². The van der Waals surface area contributed by atoms with E-state index >= 15 is 0 Å². The maximum atomic E-state index is 4.36. The minimum atomic E-state index is 0.293. The summed E-state index contributed by atoms with van der Waals surface area (Å²) in [6.45, 7) is 8.61. The van der Waals surface area contributed by atoms with Crippen LogP contribution in [0.3, 0.4) is 0 Å². The molecule has 2 aromatic rings. The van der Waals surface area contributed by atoms with Gasteiger partial charge in [-0.25, -0.2) is 0 Å². The van der Waals surface area contributed by atoms with Crippen LogP contribution >= 0.6 is 0 Å².